The Morgan fingerprint density at radius 3 is 2.73 bits per heavy atom. The molecule has 0 radical (unpaired) electrons. The zero-order chi connectivity index (χ0) is 18.1. The number of carbonyl (C=O) groups excluding carboxylic acids is 1. The van der Waals surface area contributed by atoms with E-state index in [0.717, 1.165) is 19.3 Å². The maximum Gasteiger partial charge on any atom is 0.271 e. The van der Waals surface area contributed by atoms with Gasteiger partial charge in [0.2, 0.25) is 0 Å². The van der Waals surface area contributed by atoms with E-state index in [1.807, 2.05) is 18.2 Å². The van der Waals surface area contributed by atoms with E-state index in [4.69, 9.17) is 11.6 Å². The number of nitrogens with zero attached hydrogens (tertiary/aromatic N) is 2. The molecule has 26 heavy (non-hydrogen) atoms. The first kappa shape index (κ1) is 17.1. The second-order valence-electron chi connectivity index (χ2n) is 6.89. The van der Waals surface area contributed by atoms with Crippen molar-refractivity contribution in [1.29, 1.82) is 0 Å². The Morgan fingerprint density at radius 2 is 2.00 bits per heavy atom. The van der Waals surface area contributed by atoms with Crippen LogP contribution >= 0.6 is 11.6 Å². The van der Waals surface area contributed by atoms with Crippen molar-refractivity contribution in [2.45, 2.75) is 31.4 Å². The fraction of sp³-hybridized carbons (Fsp3) is 0.300. The monoisotopic (exact) mass is 369 g/mol. The van der Waals surface area contributed by atoms with E-state index in [-0.39, 0.29) is 24.0 Å². The number of benzene rings is 1. The molecular formula is C20H20ClN3O2. The summed E-state index contributed by atoms with van der Waals surface area (Å²) in [4.78, 5) is 17.1. The highest BCUT2D eigenvalue weighted by Crippen LogP contribution is 2.32. The molecule has 134 valence electrons. The molecule has 5 nitrogen and oxygen atoms in total. The van der Waals surface area contributed by atoms with Crippen molar-refractivity contribution in [3.8, 4) is 0 Å². The molecule has 1 amide bonds. The number of nitrogens with one attached hydrogen (secondary N) is 1. The number of hydrogen-bond acceptors (Lipinski definition) is 3. The van der Waals surface area contributed by atoms with E-state index in [9.17, 15) is 9.90 Å². The van der Waals surface area contributed by atoms with Crippen LogP contribution in [-0.4, -0.2) is 32.5 Å². The van der Waals surface area contributed by atoms with Gasteiger partial charge in [-0.15, -0.1) is 0 Å². The first-order valence-corrected chi connectivity index (χ1v) is 9.13. The van der Waals surface area contributed by atoms with Gasteiger partial charge >= 0.3 is 0 Å². The van der Waals surface area contributed by atoms with Crippen LogP contribution in [0.1, 0.15) is 28.9 Å². The standard InChI is InChI=1S/C20H20ClN3O2/c21-15-6-7-19-22-18(12-24(19)11-15)20(26)23-17(14-9-16(25)10-14)8-13-4-2-1-3-5-13/h1-7,11-12,14,16-17,25H,8-10H2,(H,23,26)/t14?,16?,17-/m1/s1. The zero-order valence-electron chi connectivity index (χ0n) is 14.2. The normalized spacial score (nSPS) is 20.5. The lowest BCUT2D eigenvalue weighted by Gasteiger charge is -2.38. The highest BCUT2D eigenvalue weighted by molar-refractivity contribution is 6.30. The van der Waals surface area contributed by atoms with Crippen molar-refractivity contribution in [2.24, 2.45) is 5.92 Å². The molecule has 1 aliphatic carbocycles. The molecule has 2 N–H and O–H groups in total. The van der Waals surface area contributed by atoms with E-state index in [1.165, 1.54) is 5.56 Å². The summed E-state index contributed by atoms with van der Waals surface area (Å²) in [6.07, 6.45) is 5.34. The number of pyridine rings is 1. The summed E-state index contributed by atoms with van der Waals surface area (Å²) in [6, 6.07) is 13.6. The molecule has 1 aromatic carbocycles. The SMILES string of the molecule is O=C(N[C@H](Cc1ccccc1)C1CC(O)C1)c1cn2cc(Cl)ccc2n1. The van der Waals surface area contributed by atoms with Gasteiger partial charge < -0.3 is 14.8 Å². The minimum absolute atomic E-state index is 0.0262. The number of imidazole rings is 1. The molecule has 6 heteroatoms. The summed E-state index contributed by atoms with van der Waals surface area (Å²) in [5.74, 6) is 0.0766. The first-order valence-electron chi connectivity index (χ1n) is 8.75. The van der Waals surface area contributed by atoms with Crippen LogP contribution in [0.15, 0.2) is 54.9 Å². The number of fused-ring (bicyclic) bond motifs is 1. The first-order chi connectivity index (χ1) is 12.6. The van der Waals surface area contributed by atoms with Gasteiger partial charge in [-0.3, -0.25) is 4.79 Å². The minimum atomic E-state index is -0.257. The third-order valence-electron chi connectivity index (χ3n) is 4.98. The largest absolute Gasteiger partial charge is 0.393 e. The second-order valence-corrected chi connectivity index (χ2v) is 7.33. The smallest absolute Gasteiger partial charge is 0.271 e. The van der Waals surface area contributed by atoms with Gasteiger partial charge in [-0.05, 0) is 42.9 Å². The molecule has 2 heterocycles. The van der Waals surface area contributed by atoms with Crippen LogP contribution in [0.2, 0.25) is 5.02 Å². The predicted molar refractivity (Wildman–Crippen MR) is 100 cm³/mol. The Balaban J connectivity index is 1.52. The van der Waals surface area contributed by atoms with Crippen molar-refractivity contribution in [2.75, 3.05) is 0 Å². The van der Waals surface area contributed by atoms with Crippen LogP contribution in [0.25, 0.3) is 5.65 Å². The fourth-order valence-electron chi connectivity index (χ4n) is 3.48. The van der Waals surface area contributed by atoms with Crippen molar-refractivity contribution >= 4 is 23.2 Å². The third-order valence-corrected chi connectivity index (χ3v) is 5.20. The van der Waals surface area contributed by atoms with Gasteiger partial charge in [-0.2, -0.15) is 0 Å². The Bertz CT molecular complexity index is 919. The number of aliphatic hydroxyl groups excluding tert-OH is 1. The van der Waals surface area contributed by atoms with Crippen molar-refractivity contribution in [1.82, 2.24) is 14.7 Å². The third kappa shape index (κ3) is 3.59. The van der Waals surface area contributed by atoms with Gasteiger partial charge in [-0.1, -0.05) is 41.9 Å². The highest BCUT2D eigenvalue weighted by Gasteiger charge is 2.35. The van der Waals surface area contributed by atoms with Crippen LogP contribution < -0.4 is 5.32 Å². The number of halogens is 1. The number of aliphatic hydroxyl groups is 1. The number of aromatic nitrogens is 2. The van der Waals surface area contributed by atoms with Gasteiger partial charge in [0.15, 0.2) is 0 Å². The van der Waals surface area contributed by atoms with E-state index in [2.05, 4.69) is 22.4 Å². The highest BCUT2D eigenvalue weighted by atomic mass is 35.5. The van der Waals surface area contributed by atoms with Crippen LogP contribution in [0, 0.1) is 5.92 Å². The van der Waals surface area contributed by atoms with Gasteiger partial charge in [0.05, 0.1) is 11.1 Å². The number of carbonyl (C=O) groups is 1. The van der Waals surface area contributed by atoms with E-state index in [0.29, 0.717) is 16.4 Å². The summed E-state index contributed by atoms with van der Waals surface area (Å²) < 4.78 is 1.75. The molecule has 2 aromatic heterocycles. The Hall–Kier alpha value is -2.37. The molecule has 0 spiro atoms. The van der Waals surface area contributed by atoms with Crippen molar-refractivity contribution < 1.29 is 9.90 Å². The van der Waals surface area contributed by atoms with Gasteiger partial charge in [0.25, 0.3) is 5.91 Å². The fourth-order valence-corrected chi connectivity index (χ4v) is 3.65. The van der Waals surface area contributed by atoms with Crippen LogP contribution in [0.4, 0.5) is 0 Å². The van der Waals surface area contributed by atoms with Crippen molar-refractivity contribution in [3.63, 3.8) is 0 Å². The summed E-state index contributed by atoms with van der Waals surface area (Å²) in [5, 5.41) is 13.4. The molecule has 0 bridgehead atoms. The molecule has 0 aliphatic heterocycles. The minimum Gasteiger partial charge on any atom is -0.393 e. The predicted octanol–water partition coefficient (Wildman–Crippen LogP) is 3.10. The lowest BCUT2D eigenvalue weighted by molar-refractivity contribution is 0.0239. The quantitative estimate of drug-likeness (QED) is 0.726. The molecule has 1 saturated carbocycles. The maximum atomic E-state index is 12.7. The second kappa shape index (κ2) is 7.09. The molecule has 1 atom stereocenters. The summed E-state index contributed by atoms with van der Waals surface area (Å²) in [7, 11) is 0. The van der Waals surface area contributed by atoms with E-state index < -0.39 is 0 Å². The molecule has 4 rings (SSSR count). The molecular weight excluding hydrogens is 350 g/mol. The topological polar surface area (TPSA) is 66.6 Å². The van der Waals surface area contributed by atoms with Gasteiger partial charge in [0.1, 0.15) is 11.3 Å². The Labute approximate surface area is 156 Å². The van der Waals surface area contributed by atoms with Crippen LogP contribution in [0.3, 0.4) is 0 Å². The summed E-state index contributed by atoms with van der Waals surface area (Å²) >= 11 is 5.99. The maximum absolute atomic E-state index is 12.7. The lowest BCUT2D eigenvalue weighted by Crippen LogP contribution is -2.48. The molecule has 3 aromatic rings. The summed E-state index contributed by atoms with van der Waals surface area (Å²) in [6.45, 7) is 0. The average Bonchev–Trinajstić information content (AvgIpc) is 3.02. The Morgan fingerprint density at radius 1 is 1.23 bits per heavy atom. The zero-order valence-corrected chi connectivity index (χ0v) is 14.9. The molecule has 0 saturated heterocycles. The number of amides is 1. The molecule has 1 aliphatic rings. The Kier molecular flexibility index (Phi) is 4.66. The van der Waals surface area contributed by atoms with Crippen LogP contribution in [-0.2, 0) is 6.42 Å². The average molecular weight is 370 g/mol. The van der Waals surface area contributed by atoms with E-state index in [1.54, 1.807) is 28.9 Å². The van der Waals surface area contributed by atoms with Gasteiger partial charge in [-0.25, -0.2) is 4.98 Å². The molecule has 0 unspecified atom stereocenters. The van der Waals surface area contributed by atoms with Gasteiger partial charge in [0, 0.05) is 18.4 Å². The lowest BCUT2D eigenvalue weighted by atomic mass is 9.75. The molecule has 1 fully saturated rings. The summed E-state index contributed by atoms with van der Waals surface area (Å²) in [5.41, 5.74) is 2.21. The van der Waals surface area contributed by atoms with E-state index >= 15 is 0 Å². The number of rotatable bonds is 5. The van der Waals surface area contributed by atoms with Crippen LogP contribution in [0.5, 0.6) is 0 Å². The van der Waals surface area contributed by atoms with Crippen molar-refractivity contribution in [3.05, 3.63) is 71.1 Å². The number of hydrogen-bond donors (Lipinski definition) is 2.